The minimum atomic E-state index is -0.908. The second kappa shape index (κ2) is 16.4. The van der Waals surface area contributed by atoms with E-state index in [2.05, 4.69) is 27.3 Å². The van der Waals surface area contributed by atoms with Gasteiger partial charge in [0.25, 0.3) is 0 Å². The van der Waals surface area contributed by atoms with Gasteiger partial charge in [0.15, 0.2) is 0 Å². The van der Waals surface area contributed by atoms with Crippen LogP contribution in [-0.4, -0.2) is 73.2 Å². The summed E-state index contributed by atoms with van der Waals surface area (Å²) >= 11 is 0. The van der Waals surface area contributed by atoms with Crippen LogP contribution in [0, 0.1) is 5.92 Å². The molecule has 0 bridgehead atoms. The van der Waals surface area contributed by atoms with E-state index in [-0.39, 0.29) is 35.6 Å². The molecule has 3 rings (SSSR count). The maximum absolute atomic E-state index is 13.5. The molecule has 1 saturated carbocycles. The van der Waals surface area contributed by atoms with Crippen LogP contribution in [0.2, 0.25) is 0 Å². The fourth-order valence-corrected chi connectivity index (χ4v) is 5.78. The predicted molar refractivity (Wildman–Crippen MR) is 164 cm³/mol. The highest BCUT2D eigenvalue weighted by molar-refractivity contribution is 5.90. The number of para-hydroxylation sites is 1. The Bertz CT molecular complexity index is 1160. The molecule has 0 heterocycles. The van der Waals surface area contributed by atoms with E-state index in [0.29, 0.717) is 19.6 Å². The summed E-state index contributed by atoms with van der Waals surface area (Å²) in [6, 6.07) is 15.8. The van der Waals surface area contributed by atoms with E-state index >= 15 is 0 Å². The van der Waals surface area contributed by atoms with Gasteiger partial charge in [-0.25, -0.2) is 0 Å². The zero-order valence-corrected chi connectivity index (χ0v) is 25.6. The summed E-state index contributed by atoms with van der Waals surface area (Å²) in [6.07, 6.45) is 1.93. The van der Waals surface area contributed by atoms with Gasteiger partial charge in [-0.1, -0.05) is 62.4 Å². The molecule has 1 fully saturated rings. The number of hydrogen-bond acceptors (Lipinski definition) is 7. The van der Waals surface area contributed by atoms with E-state index in [1.807, 2.05) is 62.4 Å². The molecule has 0 spiro atoms. The van der Waals surface area contributed by atoms with Crippen LogP contribution in [0.25, 0.3) is 0 Å². The van der Waals surface area contributed by atoms with Crippen molar-refractivity contribution >= 4 is 17.6 Å². The Kier molecular flexibility index (Phi) is 13.0. The van der Waals surface area contributed by atoms with Gasteiger partial charge in [0.2, 0.25) is 11.8 Å². The first-order valence-electron chi connectivity index (χ1n) is 15.1. The highest BCUT2D eigenvalue weighted by Gasteiger charge is 2.32. The van der Waals surface area contributed by atoms with Crippen molar-refractivity contribution in [2.24, 2.45) is 5.92 Å². The number of carbonyl (C=O) groups is 3. The number of likely N-dealkylation sites (N-methyl/N-ethyl adjacent to an activating group) is 1. The van der Waals surface area contributed by atoms with Gasteiger partial charge in [0.05, 0.1) is 12.1 Å². The molecule has 0 radical (unpaired) electrons. The number of rotatable bonds is 16. The number of carbonyl (C=O) groups excluding carboxylic acids is 3. The van der Waals surface area contributed by atoms with Crippen molar-refractivity contribution in [3.8, 4) is 5.75 Å². The molecule has 0 saturated heterocycles. The maximum Gasteiger partial charge on any atom is 0.243 e. The number of benzene rings is 2. The third kappa shape index (κ3) is 9.64. The van der Waals surface area contributed by atoms with Gasteiger partial charge >= 0.3 is 0 Å². The Morgan fingerprint density at radius 1 is 0.952 bits per heavy atom. The molecule has 9 heteroatoms. The molecular weight excluding hydrogens is 532 g/mol. The molecule has 0 aromatic heterocycles. The fourth-order valence-electron chi connectivity index (χ4n) is 5.78. The van der Waals surface area contributed by atoms with Gasteiger partial charge in [0, 0.05) is 19.0 Å². The van der Waals surface area contributed by atoms with Gasteiger partial charge in [-0.05, 0) is 69.2 Å². The number of Topliss-reactive ketones (excluding diaryl/α,β-unsaturated/α-hetero) is 1. The third-order valence-corrected chi connectivity index (χ3v) is 7.96. The molecule has 230 valence electrons. The monoisotopic (exact) mass is 580 g/mol. The molecule has 6 atom stereocenters. The van der Waals surface area contributed by atoms with Crippen molar-refractivity contribution in [2.45, 2.75) is 89.6 Å². The smallest absolute Gasteiger partial charge is 0.243 e. The summed E-state index contributed by atoms with van der Waals surface area (Å²) in [7, 11) is 1.61. The maximum atomic E-state index is 13.5. The number of hydrogen-bond donors (Lipinski definition) is 5. The molecule has 42 heavy (non-hydrogen) atoms. The van der Waals surface area contributed by atoms with Crippen molar-refractivity contribution in [3.63, 3.8) is 0 Å². The molecule has 5 N–H and O–H groups in total. The Morgan fingerprint density at radius 3 is 2.29 bits per heavy atom. The van der Waals surface area contributed by atoms with Crippen LogP contribution in [-0.2, 0) is 20.8 Å². The van der Waals surface area contributed by atoms with Crippen LogP contribution in [0.15, 0.2) is 54.6 Å². The lowest BCUT2D eigenvalue weighted by molar-refractivity contribution is -0.131. The Hall–Kier alpha value is -3.27. The Labute approximate surface area is 250 Å². The average Bonchev–Trinajstić information content (AvgIpc) is 3.41. The second-order valence-electron chi connectivity index (χ2n) is 11.6. The van der Waals surface area contributed by atoms with Crippen LogP contribution in [0.5, 0.6) is 5.75 Å². The van der Waals surface area contributed by atoms with Crippen LogP contribution >= 0.6 is 0 Å². The quantitative estimate of drug-likeness (QED) is 0.193. The van der Waals surface area contributed by atoms with Gasteiger partial charge in [-0.15, -0.1) is 0 Å². The van der Waals surface area contributed by atoms with Crippen LogP contribution in [0.3, 0.4) is 0 Å². The zero-order chi connectivity index (χ0) is 30.6. The first-order valence-corrected chi connectivity index (χ1v) is 15.1. The summed E-state index contributed by atoms with van der Waals surface area (Å²) in [5.74, 6) is 0.733. The van der Waals surface area contributed by atoms with Gasteiger partial charge in [-0.2, -0.15) is 0 Å². The third-order valence-electron chi connectivity index (χ3n) is 7.96. The fraction of sp³-hybridized carbons (Fsp3) is 0.545. The first-order chi connectivity index (χ1) is 20.1. The summed E-state index contributed by atoms with van der Waals surface area (Å²) < 4.78 is 6.14. The van der Waals surface area contributed by atoms with E-state index in [9.17, 15) is 19.5 Å². The highest BCUT2D eigenvalue weighted by Crippen LogP contribution is 2.39. The van der Waals surface area contributed by atoms with Crippen molar-refractivity contribution in [3.05, 3.63) is 65.7 Å². The molecule has 3 unspecified atom stereocenters. The van der Waals surface area contributed by atoms with E-state index in [1.54, 1.807) is 14.0 Å². The molecular formula is C33H48N4O5. The Balaban J connectivity index is 1.61. The first kappa shape index (κ1) is 33.2. The summed E-state index contributed by atoms with van der Waals surface area (Å²) in [6.45, 7) is 8.21. The van der Waals surface area contributed by atoms with Gasteiger partial charge in [-0.3, -0.25) is 14.4 Å². The van der Waals surface area contributed by atoms with Crippen LogP contribution < -0.4 is 26.0 Å². The van der Waals surface area contributed by atoms with E-state index in [0.717, 1.165) is 36.1 Å². The number of amides is 2. The molecule has 1 aliphatic rings. The number of aliphatic hydroxyl groups is 1. The second-order valence-corrected chi connectivity index (χ2v) is 11.6. The lowest BCUT2D eigenvalue weighted by atomic mass is 9.96. The lowest BCUT2D eigenvalue weighted by Gasteiger charge is -2.25. The number of nitrogens with one attached hydrogen (secondary N) is 4. The minimum absolute atomic E-state index is 0.0355. The lowest BCUT2D eigenvalue weighted by Crippen LogP contribution is -2.56. The minimum Gasteiger partial charge on any atom is -0.492 e. The highest BCUT2D eigenvalue weighted by atomic mass is 16.5. The summed E-state index contributed by atoms with van der Waals surface area (Å²) in [4.78, 5) is 38.3. The average molecular weight is 581 g/mol. The number of ether oxygens (including phenoxy) is 1. The topological polar surface area (TPSA) is 129 Å². The van der Waals surface area contributed by atoms with Gasteiger partial charge < -0.3 is 31.1 Å². The molecule has 1 aliphatic carbocycles. The number of aliphatic hydroxyl groups excluding tert-OH is 1. The molecule has 2 amide bonds. The van der Waals surface area contributed by atoms with Crippen LogP contribution in [0.1, 0.15) is 64.0 Å². The van der Waals surface area contributed by atoms with Crippen molar-refractivity contribution in [2.75, 3.05) is 20.2 Å². The molecule has 9 nitrogen and oxygen atoms in total. The zero-order valence-electron chi connectivity index (χ0n) is 25.6. The summed E-state index contributed by atoms with van der Waals surface area (Å²) in [5, 5.41) is 22.1. The van der Waals surface area contributed by atoms with E-state index in [4.69, 9.17) is 4.74 Å². The van der Waals surface area contributed by atoms with E-state index in [1.165, 1.54) is 6.92 Å². The SMILES string of the molecule is CN[C@H](C(=O)N[C@H](Cc1ccccc1)C(=O)NC1CCC(c2ccccc2OCCN[C@H](C(C)=O)C(C)C)C1)C(C)O. The normalized spacial score (nSPS) is 19.5. The van der Waals surface area contributed by atoms with Crippen LogP contribution in [0.4, 0.5) is 0 Å². The van der Waals surface area contributed by atoms with E-state index < -0.39 is 24.1 Å². The molecule has 2 aromatic rings. The summed E-state index contributed by atoms with van der Waals surface area (Å²) in [5.41, 5.74) is 2.05. The number of ketones is 1. The standard InChI is InChI=1S/C33H48N4O5/c1-21(2)30(22(3)38)35-17-18-42-29-14-10-9-13-27(29)25-15-16-26(20-25)36-32(40)28(19-24-11-7-6-8-12-24)37-33(41)31(34-5)23(4)39/h6-14,21,23,25-26,28,30-31,34-35,39H,15-20H2,1-5H3,(H,36,40)(H,37,41)/t23?,25?,26?,28-,30+,31+/m1/s1. The van der Waals surface area contributed by atoms with Crippen molar-refractivity contribution < 1.29 is 24.2 Å². The largest absolute Gasteiger partial charge is 0.492 e. The van der Waals surface area contributed by atoms with Crippen molar-refractivity contribution in [1.82, 2.24) is 21.3 Å². The predicted octanol–water partition coefficient (Wildman–Crippen LogP) is 2.72. The molecule has 2 aromatic carbocycles. The van der Waals surface area contributed by atoms with Crippen molar-refractivity contribution in [1.29, 1.82) is 0 Å². The van der Waals surface area contributed by atoms with Gasteiger partial charge in [0.1, 0.15) is 30.2 Å². The Morgan fingerprint density at radius 2 is 1.64 bits per heavy atom. The molecule has 0 aliphatic heterocycles.